The second-order valence-electron chi connectivity index (χ2n) is 9.93. The molecule has 0 saturated carbocycles. The van der Waals surface area contributed by atoms with Gasteiger partial charge in [0, 0.05) is 30.0 Å². The van der Waals surface area contributed by atoms with Crippen LogP contribution in [0.4, 0.5) is 22.0 Å². The number of hydrogen-bond acceptors (Lipinski definition) is 4. The summed E-state index contributed by atoms with van der Waals surface area (Å²) in [4.78, 5) is 14.7. The highest BCUT2D eigenvalue weighted by Crippen LogP contribution is 2.25. The lowest BCUT2D eigenvalue weighted by molar-refractivity contribution is 0.262. The first-order chi connectivity index (χ1) is 15.8. The quantitative estimate of drug-likeness (QED) is 0.495. The monoisotopic (exact) mass is 443 g/mol. The number of urea groups is 1. The van der Waals surface area contributed by atoms with E-state index in [2.05, 4.69) is 53.4 Å². The second-order valence-corrected chi connectivity index (χ2v) is 9.93. The average molecular weight is 444 g/mol. The summed E-state index contributed by atoms with van der Waals surface area (Å²) in [6, 6.07) is 19.4. The fourth-order valence-electron chi connectivity index (χ4n) is 3.96. The number of benzene rings is 2. The molecule has 1 aromatic heterocycles. The van der Waals surface area contributed by atoms with Crippen molar-refractivity contribution in [2.75, 3.05) is 28.6 Å². The number of hydrogen-bond donors (Lipinski definition) is 2. The molecular weight excluding hydrogens is 410 g/mol. The van der Waals surface area contributed by atoms with Crippen LogP contribution in [-0.4, -0.2) is 29.3 Å². The molecule has 2 heterocycles. The molecule has 1 aliphatic heterocycles. The Labute approximate surface area is 196 Å². The van der Waals surface area contributed by atoms with E-state index in [1.807, 2.05) is 60.7 Å². The molecule has 4 rings (SSSR count). The van der Waals surface area contributed by atoms with Gasteiger partial charge < -0.3 is 15.5 Å². The van der Waals surface area contributed by atoms with Crippen molar-refractivity contribution in [2.24, 2.45) is 5.92 Å². The molecule has 1 saturated heterocycles. The summed E-state index contributed by atoms with van der Waals surface area (Å²) in [7, 11) is 0. The topological polar surface area (TPSA) is 70.2 Å². The number of nitrogens with one attached hydrogen (secondary N) is 2. The van der Waals surface area contributed by atoms with Gasteiger partial charge in [-0.2, -0.15) is 0 Å². The predicted octanol–water partition coefficient (Wildman–Crippen LogP) is 6.32. The summed E-state index contributed by atoms with van der Waals surface area (Å²) in [5, 5.41) is 14.6. The average Bonchev–Trinajstić information content (AvgIpc) is 2.80. The molecule has 6 heteroatoms. The Kier molecular flexibility index (Phi) is 6.63. The molecular formula is C27H33N5O. The van der Waals surface area contributed by atoms with E-state index in [1.54, 1.807) is 0 Å². The highest BCUT2D eigenvalue weighted by molar-refractivity contribution is 5.99. The number of nitrogens with zero attached hydrogens (tertiary/aromatic N) is 3. The van der Waals surface area contributed by atoms with Gasteiger partial charge in [-0.05, 0) is 66.1 Å². The van der Waals surface area contributed by atoms with E-state index >= 15 is 0 Å². The minimum absolute atomic E-state index is 0.0828. The van der Waals surface area contributed by atoms with Crippen molar-refractivity contribution in [2.45, 2.75) is 46.0 Å². The van der Waals surface area contributed by atoms with Crippen LogP contribution in [0.1, 0.15) is 46.1 Å². The van der Waals surface area contributed by atoms with E-state index in [0.717, 1.165) is 47.5 Å². The molecule has 0 unspecified atom stereocenters. The summed E-state index contributed by atoms with van der Waals surface area (Å²) < 4.78 is 0. The van der Waals surface area contributed by atoms with Crippen molar-refractivity contribution in [1.29, 1.82) is 0 Å². The SMILES string of the molecule is CC1CCN(c2ccc(-c3ccc(NC(=O)Nc4ccc(C(C)(C)C)cc4)cc3)nn2)CC1. The van der Waals surface area contributed by atoms with Gasteiger partial charge >= 0.3 is 6.03 Å². The first-order valence-electron chi connectivity index (χ1n) is 11.7. The maximum Gasteiger partial charge on any atom is 0.323 e. The number of carbonyl (C=O) groups is 1. The molecule has 1 aliphatic rings. The number of amides is 2. The van der Waals surface area contributed by atoms with Gasteiger partial charge in [0.2, 0.25) is 0 Å². The molecule has 2 amide bonds. The van der Waals surface area contributed by atoms with Gasteiger partial charge in [0.25, 0.3) is 0 Å². The summed E-state index contributed by atoms with van der Waals surface area (Å²) in [6.07, 6.45) is 2.40. The third-order valence-electron chi connectivity index (χ3n) is 6.21. The molecule has 2 N–H and O–H groups in total. The first-order valence-corrected chi connectivity index (χ1v) is 11.7. The lowest BCUT2D eigenvalue weighted by Crippen LogP contribution is -2.33. The molecule has 0 spiro atoms. The van der Waals surface area contributed by atoms with Crippen molar-refractivity contribution in [3.8, 4) is 11.3 Å². The fourth-order valence-corrected chi connectivity index (χ4v) is 3.96. The molecule has 33 heavy (non-hydrogen) atoms. The van der Waals surface area contributed by atoms with Crippen LogP contribution in [0.25, 0.3) is 11.3 Å². The molecule has 172 valence electrons. The molecule has 0 bridgehead atoms. The molecule has 2 aromatic carbocycles. The normalized spacial score (nSPS) is 14.7. The smallest absolute Gasteiger partial charge is 0.323 e. The number of aromatic nitrogens is 2. The van der Waals surface area contributed by atoms with Gasteiger partial charge in [-0.15, -0.1) is 10.2 Å². The predicted molar refractivity (Wildman–Crippen MR) is 136 cm³/mol. The van der Waals surface area contributed by atoms with E-state index in [4.69, 9.17) is 0 Å². The Hall–Kier alpha value is -3.41. The third kappa shape index (κ3) is 5.89. The zero-order valence-corrected chi connectivity index (χ0v) is 19.9. The molecule has 0 radical (unpaired) electrons. The number of piperidine rings is 1. The van der Waals surface area contributed by atoms with Crippen LogP contribution in [-0.2, 0) is 5.41 Å². The van der Waals surface area contributed by atoms with Crippen LogP contribution in [0.15, 0.2) is 60.7 Å². The fraction of sp³-hybridized carbons (Fsp3) is 0.370. The molecule has 0 atom stereocenters. The Morgan fingerprint density at radius 3 is 1.94 bits per heavy atom. The van der Waals surface area contributed by atoms with Crippen molar-refractivity contribution in [1.82, 2.24) is 10.2 Å². The summed E-state index contributed by atoms with van der Waals surface area (Å²) in [5.41, 5.74) is 4.57. The first kappa shape index (κ1) is 22.8. The van der Waals surface area contributed by atoms with Crippen LogP contribution < -0.4 is 15.5 Å². The van der Waals surface area contributed by atoms with Crippen LogP contribution >= 0.6 is 0 Å². The molecule has 1 fully saturated rings. The van der Waals surface area contributed by atoms with Crippen molar-refractivity contribution in [3.05, 3.63) is 66.2 Å². The lowest BCUT2D eigenvalue weighted by Gasteiger charge is -2.30. The van der Waals surface area contributed by atoms with E-state index in [-0.39, 0.29) is 11.4 Å². The van der Waals surface area contributed by atoms with E-state index in [0.29, 0.717) is 0 Å². The largest absolute Gasteiger partial charge is 0.355 e. The highest BCUT2D eigenvalue weighted by atomic mass is 16.2. The minimum Gasteiger partial charge on any atom is -0.355 e. The zero-order chi connectivity index (χ0) is 23.4. The summed E-state index contributed by atoms with van der Waals surface area (Å²) >= 11 is 0. The number of anilines is 3. The van der Waals surface area contributed by atoms with Gasteiger partial charge in [0.05, 0.1) is 5.69 Å². The molecule has 3 aromatic rings. The minimum atomic E-state index is -0.272. The van der Waals surface area contributed by atoms with Gasteiger partial charge in [-0.1, -0.05) is 52.0 Å². The standard InChI is InChI=1S/C27H33N5O/c1-19-15-17-32(18-16-19)25-14-13-24(30-31-25)20-5-9-22(10-6-20)28-26(33)29-23-11-7-21(8-12-23)27(2,3)4/h5-14,19H,15-18H2,1-4H3,(H2,28,29,33). The number of carbonyl (C=O) groups excluding carboxylic acids is 1. The Bertz CT molecular complexity index is 1060. The van der Waals surface area contributed by atoms with Gasteiger partial charge in [-0.25, -0.2) is 4.79 Å². The van der Waals surface area contributed by atoms with E-state index < -0.39 is 0 Å². The van der Waals surface area contributed by atoms with Gasteiger partial charge in [-0.3, -0.25) is 0 Å². The molecule has 0 aliphatic carbocycles. The Morgan fingerprint density at radius 2 is 1.42 bits per heavy atom. The Morgan fingerprint density at radius 1 is 0.848 bits per heavy atom. The van der Waals surface area contributed by atoms with Gasteiger partial charge in [0.15, 0.2) is 5.82 Å². The maximum atomic E-state index is 12.4. The maximum absolute atomic E-state index is 12.4. The van der Waals surface area contributed by atoms with Crippen molar-refractivity contribution < 1.29 is 4.79 Å². The Balaban J connectivity index is 1.34. The lowest BCUT2D eigenvalue weighted by atomic mass is 9.87. The summed E-state index contributed by atoms with van der Waals surface area (Å²) in [6.45, 7) is 10.9. The zero-order valence-electron chi connectivity index (χ0n) is 19.9. The third-order valence-corrected chi connectivity index (χ3v) is 6.21. The van der Waals surface area contributed by atoms with Crippen molar-refractivity contribution in [3.63, 3.8) is 0 Å². The van der Waals surface area contributed by atoms with Crippen molar-refractivity contribution >= 4 is 23.2 Å². The second kappa shape index (κ2) is 9.61. The van der Waals surface area contributed by atoms with Crippen LogP contribution in [0.3, 0.4) is 0 Å². The molecule has 6 nitrogen and oxygen atoms in total. The van der Waals surface area contributed by atoms with Crippen LogP contribution in [0.2, 0.25) is 0 Å². The van der Waals surface area contributed by atoms with Crippen LogP contribution in [0.5, 0.6) is 0 Å². The van der Waals surface area contributed by atoms with E-state index in [1.165, 1.54) is 18.4 Å². The van der Waals surface area contributed by atoms with E-state index in [9.17, 15) is 4.79 Å². The number of rotatable bonds is 4. The van der Waals surface area contributed by atoms with Crippen LogP contribution in [0, 0.1) is 5.92 Å². The summed E-state index contributed by atoms with van der Waals surface area (Å²) in [5.74, 6) is 1.73. The van der Waals surface area contributed by atoms with Gasteiger partial charge in [0.1, 0.15) is 0 Å². The highest BCUT2D eigenvalue weighted by Gasteiger charge is 2.17.